The van der Waals surface area contributed by atoms with Gasteiger partial charge in [0.25, 0.3) is 0 Å². The van der Waals surface area contributed by atoms with E-state index in [-0.39, 0.29) is 17.8 Å². The van der Waals surface area contributed by atoms with Crippen molar-refractivity contribution in [3.05, 3.63) is 72.6 Å². The molecule has 0 spiro atoms. The van der Waals surface area contributed by atoms with Gasteiger partial charge in [0.15, 0.2) is 0 Å². The molecule has 5 rings (SSSR count). The van der Waals surface area contributed by atoms with Gasteiger partial charge in [-0.15, -0.1) is 0 Å². The Kier molecular flexibility index (Phi) is 5.21. The molecule has 7 nitrogen and oxygen atoms in total. The van der Waals surface area contributed by atoms with Gasteiger partial charge in [0.05, 0.1) is 29.3 Å². The summed E-state index contributed by atoms with van der Waals surface area (Å²) in [5.41, 5.74) is 3.09. The lowest BCUT2D eigenvalue weighted by Gasteiger charge is -2.34. The number of hydrogen-bond donors (Lipinski definition) is 2. The number of halogens is 1. The van der Waals surface area contributed by atoms with Gasteiger partial charge in [-0.25, -0.2) is 14.1 Å². The number of imidazole rings is 1. The number of carbonyl (C=O) groups is 1. The van der Waals surface area contributed by atoms with E-state index >= 15 is 0 Å². The summed E-state index contributed by atoms with van der Waals surface area (Å²) >= 11 is 0. The number of carbonyl (C=O) groups excluding carboxylic acids is 1. The molecule has 2 aromatic heterocycles. The number of hydrogen-bond acceptors (Lipinski definition) is 4. The maximum atomic E-state index is 13.5. The van der Waals surface area contributed by atoms with Crippen LogP contribution < -0.4 is 5.32 Å². The van der Waals surface area contributed by atoms with Crippen LogP contribution in [0.4, 0.5) is 10.1 Å². The molecule has 0 radical (unpaired) electrons. The minimum Gasteiger partial charge on any atom is -0.341 e. The van der Waals surface area contributed by atoms with Gasteiger partial charge < -0.3 is 10.3 Å². The second kappa shape index (κ2) is 8.31. The summed E-state index contributed by atoms with van der Waals surface area (Å²) in [6.07, 6.45) is 6.45. The Balaban J connectivity index is 1.28. The molecular weight excluding hydrogens is 395 g/mol. The fourth-order valence-electron chi connectivity index (χ4n) is 4.12. The number of rotatable bonds is 5. The molecule has 1 saturated heterocycles. The molecule has 1 amide bonds. The highest BCUT2D eigenvalue weighted by Gasteiger charge is 2.29. The Morgan fingerprint density at radius 3 is 2.87 bits per heavy atom. The van der Waals surface area contributed by atoms with Gasteiger partial charge >= 0.3 is 0 Å². The summed E-state index contributed by atoms with van der Waals surface area (Å²) in [7, 11) is 0. The number of nitrogens with zero attached hydrogens (tertiary/aromatic N) is 4. The van der Waals surface area contributed by atoms with Crippen LogP contribution in [0.5, 0.6) is 0 Å². The van der Waals surface area contributed by atoms with E-state index in [9.17, 15) is 9.18 Å². The zero-order valence-corrected chi connectivity index (χ0v) is 17.0. The lowest BCUT2D eigenvalue weighted by Crippen LogP contribution is -2.46. The quantitative estimate of drug-likeness (QED) is 0.516. The normalized spacial score (nSPS) is 17.1. The van der Waals surface area contributed by atoms with E-state index in [1.807, 2.05) is 36.5 Å². The fourth-order valence-corrected chi connectivity index (χ4v) is 4.12. The highest BCUT2D eigenvalue weighted by Crippen LogP contribution is 2.22. The van der Waals surface area contributed by atoms with Gasteiger partial charge in [-0.2, -0.15) is 5.10 Å². The first-order valence-electron chi connectivity index (χ1n) is 10.4. The number of amides is 1. The number of fused-ring (bicyclic) bond motifs is 1. The number of benzene rings is 2. The van der Waals surface area contributed by atoms with Crippen LogP contribution in [0.1, 0.15) is 25.1 Å². The van der Waals surface area contributed by atoms with Crippen LogP contribution in [0, 0.1) is 5.82 Å². The highest BCUT2D eigenvalue weighted by atomic mass is 19.1. The van der Waals surface area contributed by atoms with E-state index in [0.717, 1.165) is 48.5 Å². The number of piperidine rings is 1. The molecule has 2 N–H and O–H groups in total. The van der Waals surface area contributed by atoms with Gasteiger partial charge in [-0.3, -0.25) is 9.69 Å². The largest absolute Gasteiger partial charge is 0.341 e. The third-order valence-corrected chi connectivity index (χ3v) is 5.67. The summed E-state index contributed by atoms with van der Waals surface area (Å²) < 4.78 is 15.2. The molecule has 4 aromatic rings. The van der Waals surface area contributed by atoms with Gasteiger partial charge in [0.1, 0.15) is 11.6 Å². The molecule has 1 unspecified atom stereocenters. The van der Waals surface area contributed by atoms with E-state index in [1.54, 1.807) is 16.9 Å². The Morgan fingerprint density at radius 2 is 2.06 bits per heavy atom. The van der Waals surface area contributed by atoms with Gasteiger partial charge in [0.2, 0.25) is 5.91 Å². The van der Waals surface area contributed by atoms with E-state index in [2.05, 4.69) is 25.3 Å². The molecule has 3 heterocycles. The van der Waals surface area contributed by atoms with E-state index in [0.29, 0.717) is 12.1 Å². The summed E-state index contributed by atoms with van der Waals surface area (Å²) in [4.78, 5) is 22.9. The molecule has 8 heteroatoms. The van der Waals surface area contributed by atoms with Crippen molar-refractivity contribution in [1.82, 2.24) is 24.6 Å². The monoisotopic (exact) mass is 418 g/mol. The first-order chi connectivity index (χ1) is 15.2. The molecular formula is C23H23FN6O. The lowest BCUT2D eigenvalue weighted by atomic mass is 10.0. The molecule has 0 aliphatic carbocycles. The minimum absolute atomic E-state index is 0.0197. The number of nitrogens with one attached hydrogen (secondary N) is 2. The second-order valence-corrected chi connectivity index (χ2v) is 7.81. The lowest BCUT2D eigenvalue weighted by molar-refractivity contribution is -0.122. The van der Waals surface area contributed by atoms with Crippen LogP contribution in [-0.4, -0.2) is 43.1 Å². The number of anilines is 1. The van der Waals surface area contributed by atoms with Gasteiger partial charge in [0, 0.05) is 18.1 Å². The highest BCUT2D eigenvalue weighted by molar-refractivity contribution is 5.95. The molecule has 1 atom stereocenters. The van der Waals surface area contributed by atoms with Crippen LogP contribution >= 0.6 is 0 Å². The van der Waals surface area contributed by atoms with Crippen LogP contribution in [-0.2, 0) is 11.3 Å². The SMILES string of the molecule is O=C(Nc1ccc(-n2cccn2)cc1)C1CCCCN1Cc1nc2ccc(F)cc2[nH]1. The summed E-state index contributed by atoms with van der Waals surface area (Å²) in [6, 6.07) is 13.8. The molecule has 1 fully saturated rings. The maximum absolute atomic E-state index is 13.5. The summed E-state index contributed by atoms with van der Waals surface area (Å²) in [6.45, 7) is 1.34. The van der Waals surface area contributed by atoms with Crippen LogP contribution in [0.25, 0.3) is 16.7 Å². The smallest absolute Gasteiger partial charge is 0.241 e. The zero-order valence-electron chi connectivity index (χ0n) is 17.0. The summed E-state index contributed by atoms with van der Waals surface area (Å²) in [5.74, 6) is 0.425. The van der Waals surface area contributed by atoms with Crippen molar-refractivity contribution in [2.75, 3.05) is 11.9 Å². The first-order valence-corrected chi connectivity index (χ1v) is 10.4. The number of aromatic nitrogens is 4. The maximum Gasteiger partial charge on any atom is 0.241 e. The first kappa shape index (κ1) is 19.4. The predicted molar refractivity (Wildman–Crippen MR) is 116 cm³/mol. The minimum atomic E-state index is -0.295. The third kappa shape index (κ3) is 4.20. The molecule has 31 heavy (non-hydrogen) atoms. The van der Waals surface area contributed by atoms with Crippen LogP contribution in [0.2, 0.25) is 0 Å². The Labute approximate surface area is 178 Å². The molecule has 1 aliphatic rings. The van der Waals surface area contributed by atoms with Crippen LogP contribution in [0.15, 0.2) is 60.9 Å². The van der Waals surface area contributed by atoms with Crippen molar-refractivity contribution in [2.24, 2.45) is 0 Å². The Bertz CT molecular complexity index is 1180. The zero-order chi connectivity index (χ0) is 21.2. The van der Waals surface area contributed by atoms with Crippen molar-refractivity contribution in [3.8, 4) is 5.69 Å². The summed E-state index contributed by atoms with van der Waals surface area (Å²) in [5, 5.41) is 7.26. The van der Waals surface area contributed by atoms with Crippen molar-refractivity contribution in [3.63, 3.8) is 0 Å². The molecule has 0 bridgehead atoms. The average Bonchev–Trinajstić information content (AvgIpc) is 3.44. The van der Waals surface area contributed by atoms with E-state index in [4.69, 9.17) is 0 Å². The Morgan fingerprint density at radius 1 is 1.19 bits per heavy atom. The van der Waals surface area contributed by atoms with Crippen molar-refractivity contribution in [2.45, 2.75) is 31.8 Å². The van der Waals surface area contributed by atoms with Crippen molar-refractivity contribution in [1.29, 1.82) is 0 Å². The molecule has 1 aliphatic heterocycles. The molecule has 0 saturated carbocycles. The van der Waals surface area contributed by atoms with Gasteiger partial charge in [-0.05, 0) is 67.9 Å². The van der Waals surface area contributed by atoms with E-state index in [1.165, 1.54) is 12.1 Å². The number of H-pyrrole nitrogens is 1. The topological polar surface area (TPSA) is 78.8 Å². The van der Waals surface area contributed by atoms with E-state index < -0.39 is 0 Å². The average molecular weight is 418 g/mol. The van der Waals surface area contributed by atoms with Crippen molar-refractivity contribution >= 4 is 22.6 Å². The standard InChI is InChI=1S/C23H23FN6O/c24-16-5-10-19-20(14-16)28-22(27-19)15-29-12-2-1-4-21(29)23(31)26-17-6-8-18(9-7-17)30-13-3-11-25-30/h3,5-11,13-14,21H,1-2,4,12,15H2,(H,26,31)(H,27,28). The Hall–Kier alpha value is -3.52. The number of aromatic amines is 1. The third-order valence-electron chi connectivity index (χ3n) is 5.67. The van der Waals surface area contributed by atoms with Crippen molar-refractivity contribution < 1.29 is 9.18 Å². The predicted octanol–water partition coefficient (Wildman–Crippen LogP) is 3.88. The van der Waals surface area contributed by atoms with Crippen LogP contribution in [0.3, 0.4) is 0 Å². The second-order valence-electron chi connectivity index (χ2n) is 7.81. The van der Waals surface area contributed by atoms with Gasteiger partial charge in [-0.1, -0.05) is 6.42 Å². The fraction of sp³-hybridized carbons (Fsp3) is 0.261. The molecule has 158 valence electrons. The molecule has 2 aromatic carbocycles. The number of likely N-dealkylation sites (tertiary alicyclic amines) is 1.